The van der Waals surface area contributed by atoms with Gasteiger partial charge in [0.05, 0.1) is 11.6 Å². The molecule has 0 aliphatic heterocycles. The van der Waals surface area contributed by atoms with E-state index in [2.05, 4.69) is 45.0 Å². The van der Waals surface area contributed by atoms with Gasteiger partial charge in [0.25, 0.3) is 0 Å². The molecular weight excluding hydrogens is 652 g/mol. The molecule has 0 heterocycles. The molecule has 0 amide bonds. The second-order valence-electron chi connectivity index (χ2n) is 6.85. The molecule has 0 fully saturated rings. The zero-order chi connectivity index (χ0) is 21.0. The first-order valence-electron chi connectivity index (χ1n) is 8.62. The smallest absolute Gasteiger partial charge is 0.0826 e. The summed E-state index contributed by atoms with van der Waals surface area (Å²) in [6, 6.07) is 14.1. The minimum atomic E-state index is -0.194. The van der Waals surface area contributed by atoms with Gasteiger partial charge in [0.1, 0.15) is 0 Å². The van der Waals surface area contributed by atoms with E-state index in [0.717, 1.165) is 41.6 Å². The van der Waals surface area contributed by atoms with E-state index in [4.69, 9.17) is 0 Å². The summed E-state index contributed by atoms with van der Waals surface area (Å²) in [6.07, 6.45) is 0. The van der Waals surface area contributed by atoms with Crippen LogP contribution in [-0.2, 0) is 23.3 Å². The molecule has 0 N–H and O–H groups in total. The minimum absolute atomic E-state index is 0. The van der Waals surface area contributed by atoms with E-state index in [1.165, 1.54) is 12.1 Å². The maximum absolute atomic E-state index is 12.9. The second-order valence-corrected chi connectivity index (χ2v) is 17.9. The van der Waals surface area contributed by atoms with Crippen molar-refractivity contribution in [3.05, 3.63) is 80.2 Å². The number of aryl methyl sites for hydroxylation is 2. The van der Waals surface area contributed by atoms with Crippen molar-refractivity contribution < 1.29 is 56.9 Å². The van der Waals surface area contributed by atoms with Gasteiger partial charge in [0, 0.05) is 0 Å². The number of fused-ring (bicyclic) bond motifs is 2. The Kier molecular flexibility index (Phi) is 13.7. The van der Waals surface area contributed by atoms with Crippen molar-refractivity contribution in [1.29, 1.82) is 0 Å². The molecule has 160 valence electrons. The van der Waals surface area contributed by atoms with Gasteiger partial charge >= 0.3 is 41.9 Å². The Bertz CT molecular complexity index is 1050. The van der Waals surface area contributed by atoms with E-state index < -0.39 is 0 Å². The Morgan fingerprint density at radius 2 is 1.03 bits per heavy atom. The normalized spacial score (nSPS) is 9.67. The topological polar surface area (TPSA) is 0 Å². The summed E-state index contributed by atoms with van der Waals surface area (Å²) in [5.74, 6) is -0.389. The molecule has 4 rings (SSSR count). The quantitative estimate of drug-likeness (QED) is 0.199. The molecule has 4 aromatic rings. The molecule has 0 atom stereocenters. The van der Waals surface area contributed by atoms with Crippen LogP contribution >= 0.6 is 31.9 Å². The summed E-state index contributed by atoms with van der Waals surface area (Å²) < 4.78 is 27.4. The van der Waals surface area contributed by atoms with Gasteiger partial charge in [-0.1, -0.05) is 57.8 Å². The molecule has 0 nitrogen and oxygen atoms in total. The molecule has 30 heavy (non-hydrogen) atoms. The molecule has 0 aliphatic rings. The van der Waals surface area contributed by atoms with Crippen LogP contribution in [0.3, 0.4) is 0 Å². The average molecular weight is 672 g/mol. The average Bonchev–Trinajstić information content (AvgIpc) is 3.09. The van der Waals surface area contributed by atoms with Gasteiger partial charge in [0.2, 0.25) is 0 Å². The van der Waals surface area contributed by atoms with Gasteiger partial charge in [-0.2, -0.15) is 12.1 Å². The predicted octanol–water partition coefficient (Wildman–Crippen LogP) is 2.33. The van der Waals surface area contributed by atoms with E-state index >= 15 is 0 Å². The maximum Gasteiger partial charge on any atom is 0.0826 e. The van der Waals surface area contributed by atoms with Crippen LogP contribution < -0.4 is 24.8 Å². The number of benzene rings is 2. The van der Waals surface area contributed by atoms with E-state index in [-0.39, 0.29) is 41.9 Å². The molecule has 0 bridgehead atoms. The first-order valence-corrected chi connectivity index (χ1v) is 16.4. The molecule has 0 radical (unpaired) electrons. The van der Waals surface area contributed by atoms with Crippen LogP contribution in [0.15, 0.2) is 57.5 Å². The maximum atomic E-state index is 12.9. The van der Waals surface area contributed by atoms with Crippen molar-refractivity contribution in [2.45, 2.75) is 26.9 Å². The van der Waals surface area contributed by atoms with Gasteiger partial charge in [-0.05, 0) is 21.1 Å². The van der Waals surface area contributed by atoms with Gasteiger partial charge in [-0.15, -0.1) is 44.8 Å². The number of halogens is 6. The Hall–Kier alpha value is 0.160. The molecule has 0 aliphatic carbocycles. The Morgan fingerprint density at radius 1 is 0.733 bits per heavy atom. The van der Waals surface area contributed by atoms with Crippen LogP contribution in [0.4, 0.5) is 8.78 Å². The van der Waals surface area contributed by atoms with Crippen LogP contribution in [0.5, 0.6) is 0 Å². The minimum Gasteiger partial charge on any atom is -1.00 e. The fraction of sp³-hybridized carbons (Fsp3) is 0.182. The van der Waals surface area contributed by atoms with Crippen LogP contribution in [0.2, 0.25) is 13.1 Å². The fourth-order valence-electron chi connectivity index (χ4n) is 2.78. The molecule has 0 unspecified atom stereocenters. The zero-order valence-electron chi connectivity index (χ0n) is 16.9. The number of hydrogen-bond donors (Lipinski definition) is 0. The Morgan fingerprint density at radius 3 is 1.33 bits per heavy atom. The summed E-state index contributed by atoms with van der Waals surface area (Å²) in [6.45, 7) is 8.63. The number of hydrogen-bond acceptors (Lipinski definition) is 0. The fourth-order valence-corrected chi connectivity index (χ4v) is 3.91. The largest absolute Gasteiger partial charge is 1.00 e. The molecular formula is C22H20Br2Cl2F2SiZr-2. The van der Waals surface area contributed by atoms with Gasteiger partial charge in [0.15, 0.2) is 0 Å². The second kappa shape index (κ2) is 13.6. The molecule has 0 aromatic heterocycles. The van der Waals surface area contributed by atoms with Crippen LogP contribution in [0.25, 0.3) is 21.5 Å². The summed E-state index contributed by atoms with van der Waals surface area (Å²) >= 11 is 8.38. The van der Waals surface area contributed by atoms with E-state index in [9.17, 15) is 8.78 Å². The third kappa shape index (κ3) is 8.96. The van der Waals surface area contributed by atoms with E-state index in [1.54, 1.807) is 35.5 Å². The standard InChI is InChI=1S/2C10H7BrF.C2H6Si.2ClH.Zr/c2*1-6-2-7-4-8(12)5-10(11)9(7)3-6;1-3-2;;;/h2*2-5H,1H3;1-2H3;2*1H;/q2*-1;;;;+2/p-2. The number of rotatable bonds is 0. The van der Waals surface area contributed by atoms with Crippen LogP contribution in [-0.4, -0.2) is 5.43 Å². The van der Waals surface area contributed by atoms with Crippen molar-refractivity contribution in [1.82, 2.24) is 0 Å². The van der Waals surface area contributed by atoms with Crippen LogP contribution in [0, 0.1) is 25.5 Å². The van der Waals surface area contributed by atoms with Gasteiger partial charge < -0.3 is 24.8 Å². The third-order valence-corrected chi connectivity index (χ3v) is 5.08. The Balaban J connectivity index is 0.000000452. The van der Waals surface area contributed by atoms with Crippen molar-refractivity contribution in [2.24, 2.45) is 0 Å². The molecule has 8 heteroatoms. The zero-order valence-corrected chi connectivity index (χ0v) is 25.0. The monoisotopic (exact) mass is 668 g/mol. The van der Waals surface area contributed by atoms with Crippen LogP contribution in [0.1, 0.15) is 11.1 Å². The van der Waals surface area contributed by atoms with E-state index in [0.29, 0.717) is 0 Å². The predicted molar refractivity (Wildman–Crippen MR) is 121 cm³/mol. The van der Waals surface area contributed by atoms with Crippen molar-refractivity contribution in [3.8, 4) is 0 Å². The summed E-state index contributed by atoms with van der Waals surface area (Å²) in [7, 11) is 0. The molecule has 4 aromatic carbocycles. The van der Waals surface area contributed by atoms with Crippen molar-refractivity contribution >= 4 is 58.8 Å². The first kappa shape index (κ1) is 30.2. The van der Waals surface area contributed by atoms with E-state index in [1.807, 2.05) is 38.1 Å². The SMILES string of the molecule is C[Si](C)=[Zr+2].Cc1cc2c(Br)cc(F)cc2[cH-]1.Cc1cc2c(Br)cc(F)cc2[cH-]1.[Cl-].[Cl-]. The molecule has 0 spiro atoms. The third-order valence-electron chi connectivity index (χ3n) is 3.76. The van der Waals surface area contributed by atoms with Gasteiger partial charge in [-0.3, -0.25) is 0 Å². The first-order chi connectivity index (χ1) is 13.1. The summed E-state index contributed by atoms with van der Waals surface area (Å²) in [5.41, 5.74) is 2.54. The summed E-state index contributed by atoms with van der Waals surface area (Å²) in [4.78, 5) is 0. The van der Waals surface area contributed by atoms with Crippen molar-refractivity contribution in [3.63, 3.8) is 0 Å². The molecule has 0 saturated heterocycles. The van der Waals surface area contributed by atoms with Gasteiger partial charge in [-0.25, -0.2) is 8.78 Å². The molecule has 0 saturated carbocycles. The Labute approximate surface area is 221 Å². The summed E-state index contributed by atoms with van der Waals surface area (Å²) in [5, 5.41) is 4.07. The van der Waals surface area contributed by atoms with Crippen molar-refractivity contribution in [2.75, 3.05) is 0 Å².